The number of rotatable bonds is 4. The Hall–Kier alpha value is -2.23. The molecule has 0 fully saturated rings. The number of aryl methyl sites for hydroxylation is 1. The van der Waals surface area contributed by atoms with E-state index >= 15 is 0 Å². The lowest BCUT2D eigenvalue weighted by Gasteiger charge is -2.22. The maximum atomic E-state index is 13.4. The molecular weight excluding hydrogens is 255 g/mol. The van der Waals surface area contributed by atoms with Crippen molar-refractivity contribution in [3.63, 3.8) is 0 Å². The molecule has 0 aliphatic carbocycles. The van der Waals surface area contributed by atoms with Gasteiger partial charge in [0.25, 0.3) is 0 Å². The van der Waals surface area contributed by atoms with Crippen molar-refractivity contribution in [1.82, 2.24) is 0 Å². The Morgan fingerprint density at radius 3 is 2.45 bits per heavy atom. The van der Waals surface area contributed by atoms with Gasteiger partial charge in [-0.3, -0.25) is 0 Å². The van der Waals surface area contributed by atoms with Gasteiger partial charge in [0, 0.05) is 13.6 Å². The predicted octanol–water partition coefficient (Wildman–Crippen LogP) is 3.36. The Morgan fingerprint density at radius 2 is 1.85 bits per heavy atom. The highest BCUT2D eigenvalue weighted by molar-refractivity contribution is 5.68. The highest BCUT2D eigenvalue weighted by Crippen LogP contribution is 2.27. The molecule has 0 spiro atoms. The fourth-order valence-corrected chi connectivity index (χ4v) is 2.10. The van der Waals surface area contributed by atoms with Gasteiger partial charge in [-0.2, -0.15) is 0 Å². The van der Waals surface area contributed by atoms with Crippen LogP contribution in [0.5, 0.6) is 5.75 Å². The third-order valence-electron chi connectivity index (χ3n) is 3.30. The summed E-state index contributed by atoms with van der Waals surface area (Å²) in [5, 5.41) is 0. The van der Waals surface area contributed by atoms with E-state index in [9.17, 15) is 4.39 Å². The molecule has 4 heteroatoms. The first kappa shape index (κ1) is 14.2. The van der Waals surface area contributed by atoms with Gasteiger partial charge in [0.15, 0.2) is 0 Å². The number of ether oxygens (including phenoxy) is 1. The van der Waals surface area contributed by atoms with E-state index in [1.807, 2.05) is 36.2 Å². The van der Waals surface area contributed by atoms with E-state index in [1.165, 1.54) is 6.07 Å². The van der Waals surface area contributed by atoms with Crippen molar-refractivity contribution < 1.29 is 9.13 Å². The summed E-state index contributed by atoms with van der Waals surface area (Å²) in [4.78, 5) is 2.00. The zero-order valence-electron chi connectivity index (χ0n) is 12.0. The molecular formula is C16H19FN2O. The number of anilines is 2. The first-order chi connectivity index (χ1) is 9.51. The number of hydrogen-bond acceptors (Lipinski definition) is 3. The SMILES string of the molecule is COc1ccc(CN(C)c2cc(C)c(F)cc2N)cc1. The van der Waals surface area contributed by atoms with E-state index in [1.54, 1.807) is 20.1 Å². The van der Waals surface area contributed by atoms with Crippen molar-refractivity contribution in [2.75, 3.05) is 24.8 Å². The molecule has 2 aromatic rings. The second-order valence-electron chi connectivity index (χ2n) is 4.86. The van der Waals surface area contributed by atoms with Crippen LogP contribution in [0.15, 0.2) is 36.4 Å². The first-order valence-electron chi connectivity index (χ1n) is 6.41. The Kier molecular flexibility index (Phi) is 4.13. The van der Waals surface area contributed by atoms with Gasteiger partial charge < -0.3 is 15.4 Å². The number of halogens is 1. The van der Waals surface area contributed by atoms with E-state index in [-0.39, 0.29) is 5.82 Å². The number of methoxy groups -OCH3 is 1. The van der Waals surface area contributed by atoms with Gasteiger partial charge in [-0.1, -0.05) is 12.1 Å². The van der Waals surface area contributed by atoms with E-state index < -0.39 is 0 Å². The lowest BCUT2D eigenvalue weighted by atomic mass is 10.1. The van der Waals surface area contributed by atoms with Crippen molar-refractivity contribution in [3.05, 3.63) is 53.3 Å². The average molecular weight is 274 g/mol. The molecule has 20 heavy (non-hydrogen) atoms. The van der Waals surface area contributed by atoms with Crippen LogP contribution in [0.25, 0.3) is 0 Å². The van der Waals surface area contributed by atoms with Crippen LogP contribution in [-0.2, 0) is 6.54 Å². The van der Waals surface area contributed by atoms with E-state index in [2.05, 4.69) is 0 Å². The van der Waals surface area contributed by atoms with Crippen LogP contribution in [0.2, 0.25) is 0 Å². The molecule has 0 amide bonds. The summed E-state index contributed by atoms with van der Waals surface area (Å²) in [6.07, 6.45) is 0. The zero-order valence-corrected chi connectivity index (χ0v) is 12.0. The minimum atomic E-state index is -0.274. The fraction of sp³-hybridized carbons (Fsp3) is 0.250. The smallest absolute Gasteiger partial charge is 0.128 e. The quantitative estimate of drug-likeness (QED) is 0.869. The van der Waals surface area contributed by atoms with Crippen LogP contribution in [0.4, 0.5) is 15.8 Å². The molecule has 0 aliphatic rings. The van der Waals surface area contributed by atoms with Gasteiger partial charge in [-0.05, 0) is 42.3 Å². The number of nitrogens with two attached hydrogens (primary N) is 1. The summed E-state index contributed by atoms with van der Waals surface area (Å²) >= 11 is 0. The average Bonchev–Trinajstić information content (AvgIpc) is 2.43. The van der Waals surface area contributed by atoms with Crippen molar-refractivity contribution in [2.24, 2.45) is 0 Å². The van der Waals surface area contributed by atoms with Gasteiger partial charge in [-0.15, -0.1) is 0 Å². The molecule has 2 aromatic carbocycles. The van der Waals surface area contributed by atoms with Crippen molar-refractivity contribution in [2.45, 2.75) is 13.5 Å². The fourth-order valence-electron chi connectivity index (χ4n) is 2.10. The maximum absolute atomic E-state index is 13.4. The summed E-state index contributed by atoms with van der Waals surface area (Å²) in [5.41, 5.74) is 8.90. The lowest BCUT2D eigenvalue weighted by molar-refractivity contribution is 0.414. The number of nitrogen functional groups attached to an aromatic ring is 1. The molecule has 0 saturated carbocycles. The van der Waals surface area contributed by atoms with Gasteiger partial charge in [-0.25, -0.2) is 4.39 Å². The van der Waals surface area contributed by atoms with E-state index in [0.29, 0.717) is 17.8 Å². The minimum absolute atomic E-state index is 0.274. The molecule has 0 aliphatic heterocycles. The highest BCUT2D eigenvalue weighted by Gasteiger charge is 2.09. The van der Waals surface area contributed by atoms with E-state index in [4.69, 9.17) is 10.5 Å². The van der Waals surface area contributed by atoms with Crippen LogP contribution < -0.4 is 15.4 Å². The van der Waals surface area contributed by atoms with Crippen LogP contribution in [-0.4, -0.2) is 14.2 Å². The normalized spacial score (nSPS) is 10.4. The third-order valence-corrected chi connectivity index (χ3v) is 3.30. The standard InChI is InChI=1S/C16H19FN2O/c1-11-8-16(15(18)9-14(11)17)19(2)10-12-4-6-13(20-3)7-5-12/h4-9H,10,18H2,1-3H3. The maximum Gasteiger partial charge on any atom is 0.128 e. The number of benzene rings is 2. The summed E-state index contributed by atoms with van der Waals surface area (Å²) in [6, 6.07) is 11.0. The zero-order chi connectivity index (χ0) is 14.7. The Bertz CT molecular complexity index is 596. The van der Waals surface area contributed by atoms with Crippen molar-refractivity contribution >= 4 is 11.4 Å². The molecule has 0 atom stereocenters. The lowest BCUT2D eigenvalue weighted by Crippen LogP contribution is -2.18. The summed E-state index contributed by atoms with van der Waals surface area (Å²) in [6.45, 7) is 2.43. The molecule has 3 nitrogen and oxygen atoms in total. The number of hydrogen-bond donors (Lipinski definition) is 1. The number of nitrogens with zero attached hydrogens (tertiary/aromatic N) is 1. The predicted molar refractivity (Wildman–Crippen MR) is 80.7 cm³/mol. The van der Waals surface area contributed by atoms with Gasteiger partial charge in [0.1, 0.15) is 11.6 Å². The minimum Gasteiger partial charge on any atom is -0.497 e. The van der Waals surface area contributed by atoms with Crippen molar-refractivity contribution in [3.8, 4) is 5.75 Å². The summed E-state index contributed by atoms with van der Waals surface area (Å²) < 4.78 is 18.6. The molecule has 0 saturated heterocycles. The molecule has 0 heterocycles. The Balaban J connectivity index is 2.18. The Labute approximate surface area is 118 Å². The molecule has 0 radical (unpaired) electrons. The summed E-state index contributed by atoms with van der Waals surface area (Å²) in [5.74, 6) is 0.553. The van der Waals surface area contributed by atoms with Crippen LogP contribution in [0, 0.1) is 12.7 Å². The second-order valence-corrected chi connectivity index (χ2v) is 4.86. The third kappa shape index (κ3) is 3.02. The topological polar surface area (TPSA) is 38.5 Å². The molecule has 0 aromatic heterocycles. The molecule has 2 N–H and O–H groups in total. The van der Waals surface area contributed by atoms with Gasteiger partial charge >= 0.3 is 0 Å². The molecule has 0 bridgehead atoms. The van der Waals surface area contributed by atoms with Crippen LogP contribution in [0.1, 0.15) is 11.1 Å². The molecule has 0 unspecified atom stereocenters. The first-order valence-corrected chi connectivity index (χ1v) is 6.41. The highest BCUT2D eigenvalue weighted by atomic mass is 19.1. The molecule has 2 rings (SSSR count). The van der Waals surface area contributed by atoms with E-state index in [0.717, 1.165) is 17.0 Å². The largest absolute Gasteiger partial charge is 0.497 e. The van der Waals surface area contributed by atoms with Crippen LogP contribution in [0.3, 0.4) is 0 Å². The van der Waals surface area contributed by atoms with Crippen LogP contribution >= 0.6 is 0 Å². The molecule has 106 valence electrons. The van der Waals surface area contributed by atoms with Crippen molar-refractivity contribution in [1.29, 1.82) is 0 Å². The monoisotopic (exact) mass is 274 g/mol. The summed E-state index contributed by atoms with van der Waals surface area (Å²) in [7, 11) is 3.58. The second kappa shape index (κ2) is 5.82. The Morgan fingerprint density at radius 1 is 1.20 bits per heavy atom. The van der Waals surface area contributed by atoms with Gasteiger partial charge in [0.05, 0.1) is 18.5 Å². The van der Waals surface area contributed by atoms with Gasteiger partial charge in [0.2, 0.25) is 0 Å².